The number of amides is 1. The van der Waals surface area contributed by atoms with Crippen molar-refractivity contribution in [2.24, 2.45) is 0 Å². The molecular weight excluding hydrogens is 313 g/mol. The van der Waals surface area contributed by atoms with Crippen molar-refractivity contribution < 1.29 is 14.1 Å². The Bertz CT molecular complexity index is 793. The Morgan fingerprint density at radius 1 is 1.25 bits per heavy atom. The molecule has 2 aromatic carbocycles. The standard InChI is InChI=1S/C17H18FN3O3/c1-10-5-4-6-15(11(10)2)19-12(3)17(22)20-13-7-8-14(18)16(9-13)21(23)24/h4-9,12,19H,1-3H3,(H,20,22)/t12-/m1/s1. The third-order valence-corrected chi connectivity index (χ3v) is 3.78. The molecule has 1 atom stereocenters. The molecule has 0 spiro atoms. The van der Waals surface area contributed by atoms with E-state index < -0.39 is 22.5 Å². The van der Waals surface area contributed by atoms with Crippen molar-refractivity contribution in [1.29, 1.82) is 0 Å². The maximum atomic E-state index is 13.3. The average Bonchev–Trinajstić information content (AvgIpc) is 2.53. The van der Waals surface area contributed by atoms with Crippen LogP contribution in [0.25, 0.3) is 0 Å². The minimum absolute atomic E-state index is 0.169. The summed E-state index contributed by atoms with van der Waals surface area (Å²) in [5.74, 6) is -1.32. The molecule has 1 amide bonds. The first-order chi connectivity index (χ1) is 11.3. The molecule has 2 aromatic rings. The van der Waals surface area contributed by atoms with Crippen LogP contribution in [-0.2, 0) is 4.79 Å². The number of aryl methyl sites for hydroxylation is 1. The largest absolute Gasteiger partial charge is 0.374 e. The van der Waals surface area contributed by atoms with Crippen LogP contribution in [0.3, 0.4) is 0 Å². The highest BCUT2D eigenvalue weighted by molar-refractivity contribution is 5.96. The third-order valence-electron chi connectivity index (χ3n) is 3.78. The Hall–Kier alpha value is -2.96. The van der Waals surface area contributed by atoms with Crippen LogP contribution in [0, 0.1) is 29.8 Å². The lowest BCUT2D eigenvalue weighted by atomic mass is 10.1. The minimum Gasteiger partial charge on any atom is -0.374 e. The number of carbonyl (C=O) groups is 1. The maximum Gasteiger partial charge on any atom is 0.306 e. The van der Waals surface area contributed by atoms with Gasteiger partial charge in [0.1, 0.15) is 6.04 Å². The quantitative estimate of drug-likeness (QED) is 0.645. The minimum atomic E-state index is -0.945. The number of nitro benzene ring substituents is 1. The van der Waals surface area contributed by atoms with Crippen molar-refractivity contribution in [2.45, 2.75) is 26.8 Å². The maximum absolute atomic E-state index is 13.3. The fraction of sp³-hybridized carbons (Fsp3) is 0.235. The van der Waals surface area contributed by atoms with Gasteiger partial charge in [0, 0.05) is 17.4 Å². The van der Waals surface area contributed by atoms with Crippen LogP contribution in [0.2, 0.25) is 0 Å². The summed E-state index contributed by atoms with van der Waals surface area (Å²) >= 11 is 0. The number of carbonyl (C=O) groups excluding carboxylic acids is 1. The van der Waals surface area contributed by atoms with Crippen molar-refractivity contribution in [3.8, 4) is 0 Å². The van der Waals surface area contributed by atoms with Crippen LogP contribution in [0.5, 0.6) is 0 Å². The van der Waals surface area contributed by atoms with Crippen LogP contribution in [0.4, 0.5) is 21.5 Å². The van der Waals surface area contributed by atoms with E-state index in [0.29, 0.717) is 0 Å². The summed E-state index contributed by atoms with van der Waals surface area (Å²) in [4.78, 5) is 22.2. The van der Waals surface area contributed by atoms with Crippen molar-refractivity contribution in [1.82, 2.24) is 0 Å². The molecule has 2 rings (SSSR count). The molecule has 0 heterocycles. The lowest BCUT2D eigenvalue weighted by molar-refractivity contribution is -0.387. The topological polar surface area (TPSA) is 84.3 Å². The van der Waals surface area contributed by atoms with Gasteiger partial charge in [-0.15, -0.1) is 0 Å². The summed E-state index contributed by atoms with van der Waals surface area (Å²) in [6.45, 7) is 5.60. The highest BCUT2D eigenvalue weighted by Crippen LogP contribution is 2.22. The Morgan fingerprint density at radius 2 is 1.96 bits per heavy atom. The fourth-order valence-corrected chi connectivity index (χ4v) is 2.19. The molecule has 126 valence electrons. The van der Waals surface area contributed by atoms with Crippen molar-refractivity contribution >= 4 is 23.0 Å². The summed E-state index contributed by atoms with van der Waals surface area (Å²) in [5, 5.41) is 16.4. The first-order valence-corrected chi connectivity index (χ1v) is 7.37. The van der Waals surface area contributed by atoms with Crippen molar-refractivity contribution in [3.63, 3.8) is 0 Å². The van der Waals surface area contributed by atoms with E-state index >= 15 is 0 Å². The Balaban J connectivity index is 2.10. The van der Waals surface area contributed by atoms with E-state index in [0.717, 1.165) is 28.9 Å². The molecule has 0 aliphatic carbocycles. The molecule has 24 heavy (non-hydrogen) atoms. The van der Waals surface area contributed by atoms with Gasteiger partial charge in [-0.05, 0) is 50.1 Å². The Morgan fingerprint density at radius 3 is 2.62 bits per heavy atom. The number of nitrogens with zero attached hydrogens (tertiary/aromatic N) is 1. The van der Waals surface area contributed by atoms with E-state index in [2.05, 4.69) is 10.6 Å². The summed E-state index contributed by atoms with van der Waals surface area (Å²) < 4.78 is 13.3. The van der Waals surface area contributed by atoms with E-state index in [9.17, 15) is 19.3 Å². The van der Waals surface area contributed by atoms with Gasteiger partial charge < -0.3 is 10.6 Å². The predicted molar refractivity (Wildman–Crippen MR) is 90.7 cm³/mol. The zero-order valence-corrected chi connectivity index (χ0v) is 13.6. The molecule has 0 aliphatic rings. The Labute approximate surface area is 138 Å². The molecule has 0 saturated carbocycles. The predicted octanol–water partition coefficient (Wildman–Crippen LogP) is 3.79. The number of nitro groups is 1. The average molecular weight is 331 g/mol. The molecule has 0 fully saturated rings. The van der Waals surface area contributed by atoms with Crippen molar-refractivity contribution in [3.05, 3.63) is 63.5 Å². The van der Waals surface area contributed by atoms with Gasteiger partial charge in [0.15, 0.2) is 0 Å². The molecular formula is C17H18FN3O3. The van der Waals surface area contributed by atoms with E-state index in [4.69, 9.17) is 0 Å². The molecule has 0 aliphatic heterocycles. The van der Waals surface area contributed by atoms with Crippen LogP contribution in [-0.4, -0.2) is 16.9 Å². The molecule has 2 N–H and O–H groups in total. The molecule has 0 radical (unpaired) electrons. The van der Waals surface area contributed by atoms with E-state index in [1.54, 1.807) is 6.92 Å². The van der Waals surface area contributed by atoms with Gasteiger partial charge in [-0.25, -0.2) is 0 Å². The smallest absolute Gasteiger partial charge is 0.306 e. The second kappa shape index (κ2) is 7.08. The summed E-state index contributed by atoms with van der Waals surface area (Å²) in [6, 6.07) is 8.39. The highest BCUT2D eigenvalue weighted by atomic mass is 19.1. The van der Waals surface area contributed by atoms with Crippen LogP contribution in [0.15, 0.2) is 36.4 Å². The second-order valence-corrected chi connectivity index (χ2v) is 5.53. The summed E-state index contributed by atoms with van der Waals surface area (Å²) in [5.41, 5.74) is 2.46. The molecule has 7 heteroatoms. The van der Waals surface area contributed by atoms with Crippen LogP contribution in [0.1, 0.15) is 18.1 Å². The van der Waals surface area contributed by atoms with Gasteiger partial charge in [0.05, 0.1) is 4.92 Å². The first kappa shape index (κ1) is 17.4. The number of hydrogen-bond donors (Lipinski definition) is 2. The van der Waals surface area contributed by atoms with E-state index in [1.165, 1.54) is 6.07 Å². The van der Waals surface area contributed by atoms with Gasteiger partial charge in [0.2, 0.25) is 11.7 Å². The monoisotopic (exact) mass is 331 g/mol. The Kier molecular flexibility index (Phi) is 5.13. The number of anilines is 2. The number of rotatable bonds is 5. The van der Waals surface area contributed by atoms with Gasteiger partial charge in [-0.1, -0.05) is 12.1 Å². The summed E-state index contributed by atoms with van der Waals surface area (Å²) in [7, 11) is 0. The molecule has 0 bridgehead atoms. The number of halogens is 1. The molecule has 0 saturated heterocycles. The summed E-state index contributed by atoms with van der Waals surface area (Å²) in [6.07, 6.45) is 0. The number of benzene rings is 2. The van der Waals surface area contributed by atoms with Gasteiger partial charge >= 0.3 is 5.69 Å². The fourth-order valence-electron chi connectivity index (χ4n) is 2.19. The lowest BCUT2D eigenvalue weighted by Crippen LogP contribution is -2.32. The third kappa shape index (κ3) is 3.87. The first-order valence-electron chi connectivity index (χ1n) is 7.37. The van der Waals surface area contributed by atoms with Crippen LogP contribution < -0.4 is 10.6 Å². The SMILES string of the molecule is Cc1cccc(N[C@H](C)C(=O)Nc2ccc(F)c([N+](=O)[O-])c2)c1C. The van der Waals surface area contributed by atoms with Crippen LogP contribution >= 0.6 is 0 Å². The van der Waals surface area contributed by atoms with Gasteiger partial charge in [-0.2, -0.15) is 4.39 Å². The molecule has 0 unspecified atom stereocenters. The van der Waals surface area contributed by atoms with E-state index in [1.807, 2.05) is 32.0 Å². The zero-order chi connectivity index (χ0) is 17.9. The van der Waals surface area contributed by atoms with Crippen molar-refractivity contribution in [2.75, 3.05) is 10.6 Å². The second-order valence-electron chi connectivity index (χ2n) is 5.53. The number of nitrogens with one attached hydrogen (secondary N) is 2. The number of hydrogen-bond acceptors (Lipinski definition) is 4. The lowest BCUT2D eigenvalue weighted by Gasteiger charge is -2.17. The van der Waals surface area contributed by atoms with Gasteiger partial charge in [-0.3, -0.25) is 14.9 Å². The zero-order valence-electron chi connectivity index (χ0n) is 13.6. The van der Waals surface area contributed by atoms with Gasteiger partial charge in [0.25, 0.3) is 0 Å². The van der Waals surface area contributed by atoms with E-state index in [-0.39, 0.29) is 11.6 Å². The highest BCUT2D eigenvalue weighted by Gasteiger charge is 2.18. The normalized spacial score (nSPS) is 11.7. The molecule has 0 aromatic heterocycles. The molecule has 6 nitrogen and oxygen atoms in total.